The molecule has 0 saturated heterocycles. The number of carbonyl (C=O) groups excluding carboxylic acids is 1. The average molecular weight is 286 g/mol. The van der Waals surface area contributed by atoms with Crippen molar-refractivity contribution in [2.45, 2.75) is 64.0 Å². The molecule has 0 radical (unpaired) electrons. The highest BCUT2D eigenvalue weighted by molar-refractivity contribution is 5.81. The van der Waals surface area contributed by atoms with Gasteiger partial charge in [0.05, 0.1) is 5.92 Å². The highest BCUT2D eigenvalue weighted by Crippen LogP contribution is 2.28. The van der Waals surface area contributed by atoms with Gasteiger partial charge in [-0.2, -0.15) is 0 Å². The molecule has 3 rings (SSSR count). The van der Waals surface area contributed by atoms with Crippen LogP contribution in [0.3, 0.4) is 0 Å². The lowest BCUT2D eigenvalue weighted by atomic mass is 9.87. The van der Waals surface area contributed by atoms with Crippen LogP contribution in [0.15, 0.2) is 24.3 Å². The quantitative estimate of drug-likeness (QED) is 0.817. The van der Waals surface area contributed by atoms with E-state index in [9.17, 15) is 4.79 Å². The van der Waals surface area contributed by atoms with Crippen molar-refractivity contribution in [3.63, 3.8) is 0 Å². The maximum Gasteiger partial charge on any atom is 0.225 e. The van der Waals surface area contributed by atoms with Crippen LogP contribution in [-0.2, 0) is 11.2 Å². The van der Waals surface area contributed by atoms with Gasteiger partial charge in [0.25, 0.3) is 0 Å². The van der Waals surface area contributed by atoms with Crippen LogP contribution in [0, 0.1) is 5.92 Å². The molecular formula is C18H26N2O. The maximum atomic E-state index is 12.6. The largest absolute Gasteiger partial charge is 0.382 e. The Labute approximate surface area is 127 Å². The summed E-state index contributed by atoms with van der Waals surface area (Å²) in [5, 5.41) is 6.79. The Bertz CT molecular complexity index is 492. The summed E-state index contributed by atoms with van der Waals surface area (Å²) in [5.74, 6) is 0.277. The molecule has 1 saturated carbocycles. The first-order valence-corrected chi connectivity index (χ1v) is 8.39. The van der Waals surface area contributed by atoms with E-state index in [-0.39, 0.29) is 17.9 Å². The van der Waals surface area contributed by atoms with Gasteiger partial charge in [0.1, 0.15) is 0 Å². The molecule has 2 N–H and O–H groups in total. The van der Waals surface area contributed by atoms with Crippen molar-refractivity contribution in [3.05, 3.63) is 29.8 Å². The van der Waals surface area contributed by atoms with Crippen LogP contribution in [-0.4, -0.2) is 18.0 Å². The second-order valence-corrected chi connectivity index (χ2v) is 6.60. The van der Waals surface area contributed by atoms with E-state index in [1.54, 1.807) is 0 Å². The van der Waals surface area contributed by atoms with Gasteiger partial charge < -0.3 is 10.6 Å². The Kier molecular flexibility index (Phi) is 4.47. The number of hydrogen-bond donors (Lipinski definition) is 2. The lowest BCUT2D eigenvalue weighted by Gasteiger charge is -2.32. The van der Waals surface area contributed by atoms with Crippen molar-refractivity contribution in [2.75, 3.05) is 5.32 Å². The van der Waals surface area contributed by atoms with E-state index in [0.717, 1.165) is 19.3 Å². The number of amides is 1. The molecule has 0 bridgehead atoms. The standard InChI is InChI=1S/C18H26N2O/c1-13-16(12-14-8-6-7-11-17(14)19-13)18(21)20-15-9-4-2-3-5-10-15/h6-8,11,13,15-16,19H,2-5,9-10,12H2,1H3,(H,20,21). The number of fused-ring (bicyclic) bond motifs is 1. The Hall–Kier alpha value is -1.51. The van der Waals surface area contributed by atoms with Gasteiger partial charge in [-0.15, -0.1) is 0 Å². The minimum Gasteiger partial charge on any atom is -0.382 e. The molecule has 0 spiro atoms. The predicted octanol–water partition coefficient (Wildman–Crippen LogP) is 3.50. The van der Waals surface area contributed by atoms with Crippen molar-refractivity contribution < 1.29 is 4.79 Å². The fraction of sp³-hybridized carbons (Fsp3) is 0.611. The molecule has 2 aliphatic rings. The number of anilines is 1. The maximum absolute atomic E-state index is 12.6. The molecule has 2 unspecified atom stereocenters. The first kappa shape index (κ1) is 14.4. The van der Waals surface area contributed by atoms with Gasteiger partial charge in [-0.05, 0) is 37.8 Å². The molecule has 0 aromatic heterocycles. The van der Waals surface area contributed by atoms with E-state index in [1.165, 1.54) is 36.9 Å². The van der Waals surface area contributed by atoms with Crippen LogP contribution >= 0.6 is 0 Å². The Morgan fingerprint density at radius 1 is 1.14 bits per heavy atom. The van der Waals surface area contributed by atoms with Crippen LogP contribution in [0.25, 0.3) is 0 Å². The summed E-state index contributed by atoms with van der Waals surface area (Å²) < 4.78 is 0. The lowest BCUT2D eigenvalue weighted by Crippen LogP contribution is -2.46. The molecule has 1 aliphatic heterocycles. The van der Waals surface area contributed by atoms with Crippen LogP contribution in [0.2, 0.25) is 0 Å². The normalized spacial score (nSPS) is 26.3. The third-order valence-corrected chi connectivity index (χ3v) is 4.98. The number of rotatable bonds is 2. The summed E-state index contributed by atoms with van der Waals surface area (Å²) in [5.41, 5.74) is 2.44. The molecule has 1 aliphatic carbocycles. The Morgan fingerprint density at radius 2 is 1.86 bits per heavy atom. The average Bonchev–Trinajstić information content (AvgIpc) is 2.75. The number of hydrogen-bond acceptors (Lipinski definition) is 2. The summed E-state index contributed by atoms with van der Waals surface area (Å²) in [6.07, 6.45) is 8.30. The van der Waals surface area contributed by atoms with Crippen LogP contribution in [0.1, 0.15) is 51.0 Å². The third-order valence-electron chi connectivity index (χ3n) is 4.98. The third kappa shape index (κ3) is 3.39. The summed E-state index contributed by atoms with van der Waals surface area (Å²) in [6.45, 7) is 2.12. The van der Waals surface area contributed by atoms with Gasteiger partial charge in [-0.3, -0.25) is 4.79 Å². The first-order valence-electron chi connectivity index (χ1n) is 8.39. The lowest BCUT2D eigenvalue weighted by molar-refractivity contribution is -0.126. The van der Waals surface area contributed by atoms with Crippen molar-refractivity contribution in [2.24, 2.45) is 5.92 Å². The highest BCUT2D eigenvalue weighted by Gasteiger charge is 2.31. The molecule has 3 heteroatoms. The highest BCUT2D eigenvalue weighted by atomic mass is 16.2. The van der Waals surface area contributed by atoms with E-state index >= 15 is 0 Å². The summed E-state index contributed by atoms with van der Waals surface area (Å²) >= 11 is 0. The Morgan fingerprint density at radius 3 is 2.62 bits per heavy atom. The van der Waals surface area contributed by atoms with Crippen molar-refractivity contribution >= 4 is 11.6 Å². The molecule has 21 heavy (non-hydrogen) atoms. The van der Waals surface area contributed by atoms with Gasteiger partial charge in [0, 0.05) is 17.8 Å². The molecule has 1 aromatic rings. The molecular weight excluding hydrogens is 260 g/mol. The van der Waals surface area contributed by atoms with Gasteiger partial charge >= 0.3 is 0 Å². The first-order chi connectivity index (χ1) is 10.2. The van der Waals surface area contributed by atoms with Gasteiger partial charge in [0.15, 0.2) is 0 Å². The van der Waals surface area contributed by atoms with E-state index in [2.05, 4.69) is 35.8 Å². The molecule has 2 atom stereocenters. The molecule has 1 fully saturated rings. The minimum absolute atomic E-state index is 0.0446. The SMILES string of the molecule is CC1Nc2ccccc2CC1C(=O)NC1CCCCCC1. The number of para-hydroxylation sites is 1. The molecule has 114 valence electrons. The predicted molar refractivity (Wildman–Crippen MR) is 86.4 cm³/mol. The zero-order valence-electron chi connectivity index (χ0n) is 12.9. The second-order valence-electron chi connectivity index (χ2n) is 6.60. The molecule has 1 aromatic carbocycles. The number of nitrogens with one attached hydrogen (secondary N) is 2. The molecule has 1 amide bonds. The second kappa shape index (κ2) is 6.50. The van der Waals surface area contributed by atoms with Crippen molar-refractivity contribution in [1.82, 2.24) is 5.32 Å². The van der Waals surface area contributed by atoms with Gasteiger partial charge in [-0.25, -0.2) is 0 Å². The van der Waals surface area contributed by atoms with E-state index in [0.29, 0.717) is 6.04 Å². The van der Waals surface area contributed by atoms with Gasteiger partial charge in [0.2, 0.25) is 5.91 Å². The summed E-state index contributed by atoms with van der Waals surface area (Å²) in [4.78, 5) is 12.6. The van der Waals surface area contributed by atoms with E-state index in [4.69, 9.17) is 0 Å². The smallest absolute Gasteiger partial charge is 0.225 e. The van der Waals surface area contributed by atoms with Crippen molar-refractivity contribution in [1.29, 1.82) is 0 Å². The summed E-state index contributed by atoms with van der Waals surface area (Å²) in [6, 6.07) is 8.92. The molecule has 1 heterocycles. The van der Waals surface area contributed by atoms with E-state index < -0.39 is 0 Å². The Balaban J connectivity index is 1.64. The monoisotopic (exact) mass is 286 g/mol. The number of carbonyl (C=O) groups is 1. The zero-order valence-corrected chi connectivity index (χ0v) is 12.9. The minimum atomic E-state index is 0.0446. The van der Waals surface area contributed by atoms with Crippen molar-refractivity contribution in [3.8, 4) is 0 Å². The summed E-state index contributed by atoms with van der Waals surface area (Å²) in [7, 11) is 0. The fourth-order valence-electron chi connectivity index (χ4n) is 3.65. The topological polar surface area (TPSA) is 41.1 Å². The fourth-order valence-corrected chi connectivity index (χ4v) is 3.65. The van der Waals surface area contributed by atoms with Crippen LogP contribution in [0.5, 0.6) is 0 Å². The van der Waals surface area contributed by atoms with Crippen LogP contribution in [0.4, 0.5) is 5.69 Å². The van der Waals surface area contributed by atoms with E-state index in [1.807, 2.05) is 6.07 Å². The van der Waals surface area contributed by atoms with Gasteiger partial charge in [-0.1, -0.05) is 43.9 Å². The number of benzene rings is 1. The molecule has 3 nitrogen and oxygen atoms in total. The zero-order chi connectivity index (χ0) is 14.7. The van der Waals surface area contributed by atoms with Crippen LogP contribution < -0.4 is 10.6 Å².